The van der Waals surface area contributed by atoms with Crippen LogP contribution in [0.15, 0.2) is 95.9 Å². The first-order chi connectivity index (χ1) is 29.0. The molecule has 0 saturated heterocycles. The van der Waals surface area contributed by atoms with Crippen LogP contribution in [-0.4, -0.2) is 75.5 Å². The van der Waals surface area contributed by atoms with E-state index < -0.39 is 0 Å². The number of hydrogen-bond acceptors (Lipinski definition) is 17. The van der Waals surface area contributed by atoms with E-state index in [1.54, 1.807) is 32.0 Å². The summed E-state index contributed by atoms with van der Waals surface area (Å²) in [4.78, 5) is 40.2. The maximum Gasteiger partial charge on any atom is 0.294 e. The van der Waals surface area contributed by atoms with Crippen LogP contribution in [0.25, 0.3) is 44.1 Å². The number of methoxy groups -OCH3 is 4. The predicted molar refractivity (Wildman–Crippen MR) is 220 cm³/mol. The van der Waals surface area contributed by atoms with Crippen LogP contribution in [0.3, 0.4) is 0 Å². The fraction of sp³-hybridized carbons (Fsp3) is 0.143. The van der Waals surface area contributed by atoms with Crippen LogP contribution in [-0.2, 0) is 14.3 Å². The number of aromatic nitrogens is 4. The van der Waals surface area contributed by atoms with E-state index in [-0.39, 0.29) is 85.3 Å². The van der Waals surface area contributed by atoms with Crippen molar-refractivity contribution < 1.29 is 63.5 Å². The predicted octanol–water partition coefficient (Wildman–Crippen LogP) is 5.52. The van der Waals surface area contributed by atoms with Gasteiger partial charge in [-0.15, -0.1) is 4.91 Å². The number of benzene rings is 5. The third-order valence-corrected chi connectivity index (χ3v) is 8.90. The molecule has 2 aromatic heterocycles. The number of phenolic OH excluding ortho intramolecular Hbond substituents is 5. The van der Waals surface area contributed by atoms with Gasteiger partial charge in [0.2, 0.25) is 5.78 Å². The summed E-state index contributed by atoms with van der Waals surface area (Å²) in [6.07, 6.45) is 3.58. The van der Waals surface area contributed by atoms with Crippen molar-refractivity contribution in [3.05, 3.63) is 117 Å². The summed E-state index contributed by atoms with van der Waals surface area (Å²) in [6, 6.07) is 15.7. The van der Waals surface area contributed by atoms with Crippen LogP contribution >= 0.6 is 0 Å². The van der Waals surface area contributed by atoms with Gasteiger partial charge in [0.05, 0.1) is 68.7 Å². The lowest BCUT2D eigenvalue weighted by Gasteiger charge is -2.10. The Labute approximate surface area is 345 Å². The Kier molecular flexibility index (Phi) is 13.2. The monoisotopic (exact) mass is 835 g/mol. The Balaban J connectivity index is 0.000000162. The van der Waals surface area contributed by atoms with Crippen molar-refractivity contribution in [2.75, 3.05) is 28.4 Å². The highest BCUT2D eigenvalue weighted by molar-refractivity contribution is 6.16. The number of phenols is 5. The molecule has 0 spiro atoms. The topological polar surface area (TPSA) is 281 Å². The third kappa shape index (κ3) is 9.47. The highest BCUT2D eigenvalue weighted by Crippen LogP contribution is 2.33. The average molecular weight is 836 g/mol. The molecule has 5 aromatic carbocycles. The summed E-state index contributed by atoms with van der Waals surface area (Å²) >= 11 is 0. The number of nitroso groups, excluding NO2 is 1. The molecule has 61 heavy (non-hydrogen) atoms. The van der Waals surface area contributed by atoms with Gasteiger partial charge in [0.25, 0.3) is 22.1 Å². The Morgan fingerprint density at radius 1 is 0.541 bits per heavy atom. The molecule has 19 heteroatoms. The molecule has 19 nitrogen and oxygen atoms in total. The second-order valence-electron chi connectivity index (χ2n) is 12.9. The van der Waals surface area contributed by atoms with Gasteiger partial charge in [-0.3, -0.25) is 9.59 Å². The van der Waals surface area contributed by atoms with Gasteiger partial charge in [-0.05, 0) is 60.5 Å². The number of allylic oxidation sites excluding steroid dienone is 3. The number of ether oxygens (including phenoxy) is 4. The third-order valence-electron chi connectivity index (χ3n) is 8.90. The Morgan fingerprint density at radius 2 is 1.00 bits per heavy atom. The molecule has 0 unspecified atom stereocenters. The second-order valence-corrected chi connectivity index (χ2v) is 12.9. The molecule has 7 aromatic rings. The molecule has 1 aliphatic carbocycles. The van der Waals surface area contributed by atoms with Crippen LogP contribution in [0, 0.1) is 29.2 Å². The van der Waals surface area contributed by atoms with Gasteiger partial charge in [-0.1, -0.05) is 0 Å². The highest BCUT2D eigenvalue weighted by Gasteiger charge is 2.25. The Morgan fingerprint density at radius 3 is 1.57 bits per heavy atom. The van der Waals surface area contributed by atoms with E-state index in [4.69, 9.17) is 19.3 Å². The zero-order valence-electron chi connectivity index (χ0n) is 33.2. The molecule has 2 heterocycles. The summed E-state index contributed by atoms with van der Waals surface area (Å²) in [5.41, 5.74) is 4.10. The van der Waals surface area contributed by atoms with Crippen molar-refractivity contribution in [1.29, 1.82) is 0 Å². The molecule has 0 fully saturated rings. The maximum absolute atomic E-state index is 12.4. The fourth-order valence-corrected chi connectivity index (χ4v) is 5.66. The van der Waals surface area contributed by atoms with E-state index >= 15 is 0 Å². The van der Waals surface area contributed by atoms with Gasteiger partial charge >= 0.3 is 0 Å². The second kappa shape index (κ2) is 18.4. The number of carbonyl (C=O) groups excluding carboxylic acids is 2. The number of hydrogen-bond donors (Lipinski definition) is 5. The van der Waals surface area contributed by atoms with Crippen LogP contribution in [0.2, 0.25) is 0 Å². The van der Waals surface area contributed by atoms with Crippen molar-refractivity contribution in [1.82, 2.24) is 9.97 Å². The number of rotatable bonds is 5. The first-order valence-corrected chi connectivity index (χ1v) is 17.6. The lowest BCUT2D eigenvalue weighted by molar-refractivity contribution is -0.591. The largest absolute Gasteiger partial charge is 0.617 e. The summed E-state index contributed by atoms with van der Waals surface area (Å²) in [5, 5.41) is 75.5. The summed E-state index contributed by atoms with van der Waals surface area (Å²) < 4.78 is 20.4. The van der Waals surface area contributed by atoms with E-state index in [1.165, 1.54) is 95.2 Å². The number of ketones is 2. The molecule has 0 bridgehead atoms. The van der Waals surface area contributed by atoms with Gasteiger partial charge in [0, 0.05) is 36.4 Å². The first kappa shape index (κ1) is 43.6. The molecule has 0 aliphatic heterocycles. The SMILES string of the molecule is COC1=CC(=O)C=CC1=O.COc1cc(N=O)ccc1O.COc1cc2c(cc1O)[n+]([O-])c1cc(C)c(O)cc1[n+]2[O-].COc1cc2nc3cc(O)c(C)cc3nc2cc1O. The van der Waals surface area contributed by atoms with Gasteiger partial charge in [-0.2, -0.15) is 9.46 Å². The van der Waals surface area contributed by atoms with E-state index in [2.05, 4.69) is 19.9 Å². The van der Waals surface area contributed by atoms with E-state index in [1.807, 2.05) is 0 Å². The van der Waals surface area contributed by atoms with E-state index in [0.717, 1.165) is 5.56 Å². The number of carbonyl (C=O) groups is 2. The summed E-state index contributed by atoms with van der Waals surface area (Å²) in [5.74, 6) is 0.223. The van der Waals surface area contributed by atoms with Crippen LogP contribution in [0.5, 0.6) is 46.0 Å². The molecule has 0 saturated carbocycles. The molecule has 314 valence electrons. The quantitative estimate of drug-likeness (QED) is 0.0469. The molecule has 0 atom stereocenters. The molecule has 0 radical (unpaired) electrons. The van der Waals surface area contributed by atoms with Crippen LogP contribution in [0.1, 0.15) is 11.1 Å². The normalized spacial score (nSPS) is 11.7. The molecule has 1 aliphatic rings. The number of fused-ring (bicyclic) bond motifs is 4. The highest BCUT2D eigenvalue weighted by atomic mass is 16.5. The maximum atomic E-state index is 12.4. The average Bonchev–Trinajstić information content (AvgIpc) is 3.24. The lowest BCUT2D eigenvalue weighted by Crippen LogP contribution is -2.39. The molecule has 0 amide bonds. The van der Waals surface area contributed by atoms with Crippen molar-refractivity contribution in [3.63, 3.8) is 0 Å². The van der Waals surface area contributed by atoms with Crippen molar-refractivity contribution in [3.8, 4) is 46.0 Å². The molecular formula is C42H37N5O14. The Hall–Kier alpha value is -8.48. The number of aryl methyl sites for hydroxylation is 2. The van der Waals surface area contributed by atoms with Gasteiger partial charge in [-0.25, -0.2) is 9.97 Å². The minimum absolute atomic E-state index is 0.0000926. The van der Waals surface area contributed by atoms with Crippen molar-refractivity contribution in [2.24, 2.45) is 5.18 Å². The zero-order valence-corrected chi connectivity index (χ0v) is 33.2. The minimum Gasteiger partial charge on any atom is -0.617 e. The van der Waals surface area contributed by atoms with Gasteiger partial charge < -0.3 is 54.9 Å². The summed E-state index contributed by atoms with van der Waals surface area (Å²) in [6.45, 7) is 3.42. The Bertz CT molecular complexity index is 2930. The lowest BCUT2D eigenvalue weighted by atomic mass is 10.1. The molecule has 5 N–H and O–H groups in total. The fourth-order valence-electron chi connectivity index (χ4n) is 5.66. The van der Waals surface area contributed by atoms with Gasteiger partial charge in [0.1, 0.15) is 17.2 Å². The number of nitrogens with zero attached hydrogens (tertiary/aromatic N) is 5. The van der Waals surface area contributed by atoms with Crippen molar-refractivity contribution in [2.45, 2.75) is 13.8 Å². The van der Waals surface area contributed by atoms with E-state index in [0.29, 0.717) is 42.8 Å². The standard InChI is InChI=1S/C14H12N2O5.C14H12N2O3.C7H7NO3.C7H6O3/c1-7-3-8-9(4-12(7)17)16(20)11-6-14(21-2)13(18)5-10(11)15(8)19;1-7-3-8-9(4-12(7)17)16-11-6-14(19-2)13(18)5-10(11)15-8;1-11-7-4-5(8-10)2-3-6(7)9;1-10-7-4-5(8)2-3-6(7)9/h3-6,17-18H,1-2H3;3-6,17-18H,1-2H3;2-4,9H,1H3;2-4H,1H3. The molecule has 8 rings (SSSR count). The number of aromatic hydroxyl groups is 5. The van der Waals surface area contributed by atoms with Gasteiger partial charge in [0.15, 0.2) is 46.0 Å². The minimum atomic E-state index is -0.262. The molecular weight excluding hydrogens is 798 g/mol. The smallest absolute Gasteiger partial charge is 0.294 e. The van der Waals surface area contributed by atoms with Crippen LogP contribution in [0.4, 0.5) is 5.69 Å². The zero-order chi connectivity index (χ0) is 44.7. The van der Waals surface area contributed by atoms with E-state index in [9.17, 15) is 45.3 Å². The first-order valence-electron chi connectivity index (χ1n) is 17.6. The summed E-state index contributed by atoms with van der Waals surface area (Å²) in [7, 11) is 5.59. The van der Waals surface area contributed by atoms with Crippen molar-refractivity contribution >= 4 is 61.4 Å². The van der Waals surface area contributed by atoms with Crippen LogP contribution < -0.4 is 23.7 Å².